The highest BCUT2D eigenvalue weighted by Gasteiger charge is 2.32. The number of carbonyl (C=O) groups is 2. The predicted molar refractivity (Wildman–Crippen MR) is 161 cm³/mol. The normalized spacial score (nSPS) is 17.9. The molecular weight excluding hydrogens is 575 g/mol. The Balaban J connectivity index is 1.17. The van der Waals surface area contributed by atoms with Gasteiger partial charge in [-0.05, 0) is 43.9 Å². The molecule has 1 atom stereocenters. The van der Waals surface area contributed by atoms with Crippen LogP contribution in [0.15, 0.2) is 59.8 Å². The quantitative estimate of drug-likeness (QED) is 0.185. The molecule has 1 unspecified atom stereocenters. The zero-order chi connectivity index (χ0) is 30.4. The first kappa shape index (κ1) is 31.1. The number of rotatable bonds is 10. The maximum Gasteiger partial charge on any atom is 0.416 e. The van der Waals surface area contributed by atoms with E-state index in [1.54, 1.807) is 10.6 Å². The van der Waals surface area contributed by atoms with Gasteiger partial charge in [-0.25, -0.2) is 0 Å². The Labute approximate surface area is 254 Å². The van der Waals surface area contributed by atoms with Crippen molar-refractivity contribution in [3.05, 3.63) is 60.2 Å². The van der Waals surface area contributed by atoms with Crippen LogP contribution in [0.3, 0.4) is 0 Å². The molecule has 43 heavy (non-hydrogen) atoms. The highest BCUT2D eigenvalue weighted by Crippen LogP contribution is 2.34. The molecule has 7 nitrogen and oxygen atoms in total. The van der Waals surface area contributed by atoms with Gasteiger partial charge >= 0.3 is 6.18 Å². The molecule has 2 amide bonds. The summed E-state index contributed by atoms with van der Waals surface area (Å²) in [7, 11) is 0. The van der Waals surface area contributed by atoms with Crippen molar-refractivity contribution in [2.75, 3.05) is 25.4 Å². The van der Waals surface area contributed by atoms with Crippen LogP contribution in [-0.4, -0.2) is 67.8 Å². The third-order valence-electron chi connectivity index (χ3n) is 8.40. The number of carbonyl (C=O) groups excluding carboxylic acids is 2. The van der Waals surface area contributed by atoms with Gasteiger partial charge in [0.25, 0.3) is 0 Å². The lowest BCUT2D eigenvalue weighted by Crippen LogP contribution is -2.55. The molecule has 0 radical (unpaired) electrons. The highest BCUT2D eigenvalue weighted by molar-refractivity contribution is 7.99. The monoisotopic (exact) mass is 613 g/mol. The van der Waals surface area contributed by atoms with Crippen molar-refractivity contribution in [1.82, 2.24) is 24.6 Å². The fourth-order valence-electron chi connectivity index (χ4n) is 6.06. The van der Waals surface area contributed by atoms with Crippen LogP contribution in [0, 0.1) is 5.92 Å². The van der Waals surface area contributed by atoms with E-state index in [1.165, 1.54) is 43.5 Å². The first-order valence-corrected chi connectivity index (χ1v) is 16.1. The number of hydrogen-bond acceptors (Lipinski definition) is 5. The first-order chi connectivity index (χ1) is 20.7. The Morgan fingerprint density at radius 2 is 1.72 bits per heavy atom. The molecule has 0 N–H and O–H groups in total. The number of alkyl halides is 3. The van der Waals surface area contributed by atoms with Gasteiger partial charge in [0.2, 0.25) is 11.8 Å². The molecule has 2 aliphatic rings. The van der Waals surface area contributed by atoms with Gasteiger partial charge in [-0.2, -0.15) is 13.2 Å². The van der Waals surface area contributed by atoms with E-state index >= 15 is 0 Å². The Bertz CT molecular complexity index is 1390. The summed E-state index contributed by atoms with van der Waals surface area (Å²) in [5, 5.41) is 9.08. The average molecular weight is 614 g/mol. The highest BCUT2D eigenvalue weighted by atomic mass is 32.2. The minimum atomic E-state index is -4.48. The summed E-state index contributed by atoms with van der Waals surface area (Å²) >= 11 is 1.36. The van der Waals surface area contributed by atoms with Crippen LogP contribution < -0.4 is 0 Å². The smallest absolute Gasteiger partial charge is 0.339 e. The number of halogens is 3. The van der Waals surface area contributed by atoms with Crippen LogP contribution in [0.4, 0.5) is 13.2 Å². The zero-order valence-corrected chi connectivity index (χ0v) is 25.2. The number of thioether (sulfide) groups is 1. The molecule has 2 fully saturated rings. The van der Waals surface area contributed by atoms with Crippen LogP contribution in [-0.2, 0) is 15.8 Å². The second-order valence-corrected chi connectivity index (χ2v) is 12.5. The minimum absolute atomic E-state index is 0.00873. The number of aromatic nitrogens is 3. The van der Waals surface area contributed by atoms with Gasteiger partial charge in [-0.1, -0.05) is 73.8 Å². The Hall–Kier alpha value is -3.34. The molecule has 3 aromatic rings. The zero-order valence-electron chi connectivity index (χ0n) is 24.4. The SMILES string of the molecule is CC1CN(C(=O)CCCSc2nnc(-c3ccccc3)n2-c2cccc(C(F)(F)F)c2)CCN1C(=O)CCC1CCCC1. The van der Waals surface area contributed by atoms with Crippen LogP contribution >= 0.6 is 11.8 Å². The average Bonchev–Trinajstić information content (AvgIpc) is 3.68. The predicted octanol–water partition coefficient (Wildman–Crippen LogP) is 6.86. The van der Waals surface area contributed by atoms with Crippen molar-refractivity contribution >= 4 is 23.6 Å². The third kappa shape index (κ3) is 7.79. The van der Waals surface area contributed by atoms with Crippen LogP contribution in [0.1, 0.15) is 63.9 Å². The molecule has 1 aromatic heterocycles. The molecule has 1 saturated heterocycles. The molecule has 0 spiro atoms. The van der Waals surface area contributed by atoms with E-state index in [9.17, 15) is 22.8 Å². The fourth-order valence-corrected chi connectivity index (χ4v) is 6.95. The van der Waals surface area contributed by atoms with Gasteiger partial charge in [0.05, 0.1) is 11.3 Å². The number of piperazine rings is 1. The van der Waals surface area contributed by atoms with Crippen molar-refractivity contribution in [3.63, 3.8) is 0 Å². The first-order valence-electron chi connectivity index (χ1n) is 15.1. The molecule has 1 saturated carbocycles. The Morgan fingerprint density at radius 1 is 0.953 bits per heavy atom. The Morgan fingerprint density at radius 3 is 2.44 bits per heavy atom. The summed E-state index contributed by atoms with van der Waals surface area (Å²) in [6.07, 6.45) is 3.04. The summed E-state index contributed by atoms with van der Waals surface area (Å²) < 4.78 is 42.1. The van der Waals surface area contributed by atoms with E-state index in [0.717, 1.165) is 24.1 Å². The maximum absolute atomic E-state index is 13.5. The summed E-state index contributed by atoms with van der Waals surface area (Å²) in [6, 6.07) is 14.3. The van der Waals surface area contributed by atoms with E-state index in [4.69, 9.17) is 0 Å². The van der Waals surface area contributed by atoms with Crippen molar-refractivity contribution in [2.24, 2.45) is 5.92 Å². The summed E-state index contributed by atoms with van der Waals surface area (Å²) in [5.41, 5.74) is 0.311. The molecule has 2 aromatic carbocycles. The summed E-state index contributed by atoms with van der Waals surface area (Å²) in [6.45, 7) is 3.64. The van der Waals surface area contributed by atoms with Crippen molar-refractivity contribution < 1.29 is 22.8 Å². The van der Waals surface area contributed by atoms with Gasteiger partial charge in [-0.3, -0.25) is 14.2 Å². The van der Waals surface area contributed by atoms with E-state index in [-0.39, 0.29) is 17.9 Å². The standard InChI is InChI=1S/C32H38F3N5O2S/c1-23-22-38(18-19-39(23)29(42)17-16-24-9-5-6-10-24)28(41)15-8-20-43-31-37-36-30(25-11-3-2-4-12-25)40(31)27-14-7-13-26(21-27)32(33,34)35/h2-4,7,11-14,21,23-24H,5-6,8-10,15-20,22H2,1H3. The lowest BCUT2D eigenvalue weighted by molar-refractivity contribution is -0.142. The number of benzene rings is 2. The van der Waals surface area contributed by atoms with Crippen molar-refractivity contribution in [1.29, 1.82) is 0 Å². The summed E-state index contributed by atoms with van der Waals surface area (Å²) in [5.74, 6) is 1.93. The van der Waals surface area contributed by atoms with E-state index in [2.05, 4.69) is 10.2 Å². The second-order valence-electron chi connectivity index (χ2n) is 11.5. The van der Waals surface area contributed by atoms with Crippen molar-refractivity contribution in [2.45, 2.75) is 75.7 Å². The molecule has 5 rings (SSSR count). The number of amides is 2. The van der Waals surface area contributed by atoms with Crippen molar-refractivity contribution in [3.8, 4) is 17.1 Å². The molecular formula is C32H38F3N5O2S. The number of nitrogens with zero attached hydrogens (tertiary/aromatic N) is 5. The van der Waals surface area contributed by atoms with E-state index in [0.29, 0.717) is 67.2 Å². The fraction of sp³-hybridized carbons (Fsp3) is 0.500. The van der Waals surface area contributed by atoms with E-state index < -0.39 is 11.7 Å². The van der Waals surface area contributed by atoms with Gasteiger partial charge in [0, 0.05) is 49.8 Å². The molecule has 11 heteroatoms. The van der Waals surface area contributed by atoms with Crippen LogP contribution in [0.2, 0.25) is 0 Å². The van der Waals surface area contributed by atoms with E-state index in [1.807, 2.05) is 47.1 Å². The van der Waals surface area contributed by atoms with Gasteiger partial charge in [-0.15, -0.1) is 10.2 Å². The van der Waals surface area contributed by atoms with Gasteiger partial charge in [0.15, 0.2) is 11.0 Å². The molecule has 1 aliphatic carbocycles. The molecule has 230 valence electrons. The van der Waals surface area contributed by atoms with Crippen LogP contribution in [0.25, 0.3) is 17.1 Å². The largest absolute Gasteiger partial charge is 0.416 e. The molecule has 0 bridgehead atoms. The lowest BCUT2D eigenvalue weighted by atomic mass is 10.0. The number of hydrogen-bond donors (Lipinski definition) is 0. The summed E-state index contributed by atoms with van der Waals surface area (Å²) in [4.78, 5) is 29.6. The topological polar surface area (TPSA) is 71.3 Å². The molecule has 1 aliphatic heterocycles. The third-order valence-corrected chi connectivity index (χ3v) is 9.42. The second kappa shape index (κ2) is 14.0. The molecule has 2 heterocycles. The van der Waals surface area contributed by atoms with Crippen LogP contribution in [0.5, 0.6) is 0 Å². The van der Waals surface area contributed by atoms with Gasteiger partial charge in [0.1, 0.15) is 0 Å². The minimum Gasteiger partial charge on any atom is -0.339 e. The lowest BCUT2D eigenvalue weighted by Gasteiger charge is -2.40. The van der Waals surface area contributed by atoms with Gasteiger partial charge < -0.3 is 9.80 Å². The Kier molecular flexibility index (Phi) is 10.1. The maximum atomic E-state index is 13.5.